The zero-order valence-corrected chi connectivity index (χ0v) is 16.4. The van der Waals surface area contributed by atoms with Gasteiger partial charge in [0.2, 0.25) is 5.91 Å². The van der Waals surface area contributed by atoms with Gasteiger partial charge in [-0.3, -0.25) is 9.59 Å². The second kappa shape index (κ2) is 8.14. The van der Waals surface area contributed by atoms with Gasteiger partial charge in [-0.25, -0.2) is 8.78 Å². The third-order valence-corrected chi connectivity index (χ3v) is 5.34. The molecule has 0 saturated heterocycles. The summed E-state index contributed by atoms with van der Waals surface area (Å²) >= 11 is 0. The third kappa shape index (κ3) is 3.60. The summed E-state index contributed by atoms with van der Waals surface area (Å²) in [5, 5.41) is 0. The minimum atomic E-state index is -0.716. The van der Waals surface area contributed by atoms with E-state index in [0.717, 1.165) is 11.8 Å². The Hall–Kier alpha value is -3.42. The van der Waals surface area contributed by atoms with Crippen molar-refractivity contribution in [3.63, 3.8) is 0 Å². The summed E-state index contributed by atoms with van der Waals surface area (Å²) in [5.74, 6) is -1.95. The third-order valence-electron chi connectivity index (χ3n) is 5.34. The van der Waals surface area contributed by atoms with Crippen molar-refractivity contribution in [2.45, 2.75) is 19.5 Å². The summed E-state index contributed by atoms with van der Waals surface area (Å²) in [6.07, 6.45) is 3.26. The van der Waals surface area contributed by atoms with Crippen LogP contribution < -0.4 is 0 Å². The quantitative estimate of drug-likeness (QED) is 0.644. The molecule has 0 fully saturated rings. The van der Waals surface area contributed by atoms with Crippen LogP contribution in [0.4, 0.5) is 8.78 Å². The number of hydrogen-bond acceptors (Lipinski definition) is 3. The Morgan fingerprint density at radius 1 is 1.17 bits per heavy atom. The molecule has 156 valence electrons. The van der Waals surface area contributed by atoms with Crippen LogP contribution in [0.25, 0.3) is 0 Å². The normalized spacial score (nSPS) is 15.7. The Morgan fingerprint density at radius 2 is 2.00 bits per heavy atom. The van der Waals surface area contributed by atoms with Crippen LogP contribution in [0.5, 0.6) is 0 Å². The molecule has 4 rings (SSSR count). The predicted octanol–water partition coefficient (Wildman–Crippen LogP) is 3.45. The lowest BCUT2D eigenvalue weighted by molar-refractivity contribution is -0.134. The Kier molecular flexibility index (Phi) is 5.39. The first kappa shape index (κ1) is 19.9. The first-order valence-corrected chi connectivity index (χ1v) is 9.71. The molecule has 1 unspecified atom stereocenters. The summed E-state index contributed by atoms with van der Waals surface area (Å²) < 4.78 is 35.2. The Balaban J connectivity index is 1.64. The highest BCUT2D eigenvalue weighted by molar-refractivity contribution is 5.94. The molecule has 1 atom stereocenters. The van der Waals surface area contributed by atoms with E-state index in [1.807, 2.05) is 22.9 Å². The topological polar surface area (TPSA) is 58.7 Å². The summed E-state index contributed by atoms with van der Waals surface area (Å²) in [5.41, 5.74) is 0.949. The van der Waals surface area contributed by atoms with Gasteiger partial charge < -0.3 is 18.8 Å². The van der Waals surface area contributed by atoms with Gasteiger partial charge in [0.05, 0.1) is 6.26 Å². The summed E-state index contributed by atoms with van der Waals surface area (Å²) in [4.78, 5) is 28.8. The van der Waals surface area contributed by atoms with E-state index in [4.69, 9.17) is 4.42 Å². The summed E-state index contributed by atoms with van der Waals surface area (Å²) in [7, 11) is 0. The highest BCUT2D eigenvalue weighted by Crippen LogP contribution is 2.34. The number of carbonyl (C=O) groups excluding carboxylic acids is 2. The van der Waals surface area contributed by atoms with Gasteiger partial charge in [-0.2, -0.15) is 0 Å². The lowest BCUT2D eigenvalue weighted by atomic mass is 9.99. The number of benzene rings is 1. The minimum Gasteiger partial charge on any atom is -0.459 e. The lowest BCUT2D eigenvalue weighted by Crippen LogP contribution is -2.48. The number of carbonyl (C=O) groups is 2. The van der Waals surface area contributed by atoms with E-state index in [-0.39, 0.29) is 29.7 Å². The average Bonchev–Trinajstić information content (AvgIpc) is 3.42. The van der Waals surface area contributed by atoms with Gasteiger partial charge in [-0.05, 0) is 37.3 Å². The van der Waals surface area contributed by atoms with Crippen molar-refractivity contribution < 1.29 is 22.8 Å². The smallest absolute Gasteiger partial charge is 0.290 e. The first-order chi connectivity index (χ1) is 14.5. The molecule has 1 aliphatic rings. The van der Waals surface area contributed by atoms with Crippen molar-refractivity contribution in [1.82, 2.24) is 14.4 Å². The van der Waals surface area contributed by atoms with Crippen molar-refractivity contribution in [2.75, 3.05) is 19.6 Å². The van der Waals surface area contributed by atoms with Crippen LogP contribution in [-0.4, -0.2) is 45.8 Å². The van der Waals surface area contributed by atoms with Crippen molar-refractivity contribution >= 4 is 11.8 Å². The molecule has 1 aliphatic heterocycles. The Bertz CT molecular complexity index is 1060. The Morgan fingerprint density at radius 3 is 2.70 bits per heavy atom. The van der Waals surface area contributed by atoms with Gasteiger partial charge in [0.15, 0.2) is 5.76 Å². The molecule has 3 aromatic rings. The van der Waals surface area contributed by atoms with Gasteiger partial charge in [0.25, 0.3) is 5.91 Å². The standard InChI is InChI=1S/C22H21F2N3O3/c1-2-25(22(29)19-6-4-12-30-19)14-20(28)27-11-10-26-9-3-5-18(26)21(27)16-8-7-15(23)13-17(16)24/h3-9,12-13,21H,2,10-11,14H2,1H3. The molecule has 8 heteroatoms. The molecule has 6 nitrogen and oxygen atoms in total. The van der Waals surface area contributed by atoms with Gasteiger partial charge in [0, 0.05) is 43.2 Å². The van der Waals surface area contributed by atoms with Gasteiger partial charge in [-0.15, -0.1) is 0 Å². The number of halogens is 2. The van der Waals surface area contributed by atoms with Crippen LogP contribution in [0.1, 0.15) is 34.8 Å². The summed E-state index contributed by atoms with van der Waals surface area (Å²) in [6, 6.07) is 9.45. The highest BCUT2D eigenvalue weighted by atomic mass is 19.1. The van der Waals surface area contributed by atoms with Gasteiger partial charge >= 0.3 is 0 Å². The number of amides is 2. The SMILES string of the molecule is CCN(CC(=O)N1CCn2cccc2C1c1ccc(F)cc1F)C(=O)c1ccco1. The average molecular weight is 413 g/mol. The second-order valence-corrected chi connectivity index (χ2v) is 7.08. The number of furan rings is 1. The molecular weight excluding hydrogens is 392 g/mol. The largest absolute Gasteiger partial charge is 0.459 e. The predicted molar refractivity (Wildman–Crippen MR) is 105 cm³/mol. The van der Waals surface area contributed by atoms with Crippen molar-refractivity contribution in [1.29, 1.82) is 0 Å². The number of fused-ring (bicyclic) bond motifs is 1. The molecule has 2 amide bonds. The summed E-state index contributed by atoms with van der Waals surface area (Å²) in [6.45, 7) is 2.80. The number of rotatable bonds is 5. The first-order valence-electron chi connectivity index (χ1n) is 9.71. The minimum absolute atomic E-state index is 0.151. The van der Waals surface area contributed by atoms with E-state index in [0.29, 0.717) is 19.6 Å². The van der Waals surface area contributed by atoms with E-state index >= 15 is 0 Å². The lowest BCUT2D eigenvalue weighted by Gasteiger charge is -2.38. The van der Waals surface area contributed by atoms with Crippen LogP contribution in [-0.2, 0) is 11.3 Å². The number of nitrogens with zero attached hydrogens (tertiary/aromatic N) is 3. The molecule has 0 saturated carbocycles. The van der Waals surface area contributed by atoms with Crippen LogP contribution in [0.2, 0.25) is 0 Å². The fourth-order valence-corrected chi connectivity index (χ4v) is 3.84. The molecule has 0 radical (unpaired) electrons. The molecular formula is C22H21F2N3O3. The van der Waals surface area contributed by atoms with E-state index in [1.165, 1.54) is 23.3 Å². The zero-order valence-electron chi connectivity index (χ0n) is 16.4. The molecule has 0 spiro atoms. The van der Waals surface area contributed by atoms with Crippen molar-refractivity contribution in [2.24, 2.45) is 0 Å². The molecule has 0 aliphatic carbocycles. The van der Waals surface area contributed by atoms with Crippen LogP contribution in [0.3, 0.4) is 0 Å². The van der Waals surface area contributed by atoms with Crippen LogP contribution in [0, 0.1) is 11.6 Å². The number of aromatic nitrogens is 1. The number of likely N-dealkylation sites (N-methyl/N-ethyl adjacent to an activating group) is 1. The fourth-order valence-electron chi connectivity index (χ4n) is 3.84. The van der Waals surface area contributed by atoms with Gasteiger partial charge in [0.1, 0.15) is 24.2 Å². The molecule has 1 aromatic carbocycles. The molecule has 2 aromatic heterocycles. The fraction of sp³-hybridized carbons (Fsp3) is 0.273. The van der Waals surface area contributed by atoms with Crippen LogP contribution in [0.15, 0.2) is 59.3 Å². The molecule has 30 heavy (non-hydrogen) atoms. The molecule has 0 bridgehead atoms. The highest BCUT2D eigenvalue weighted by Gasteiger charge is 2.35. The molecule has 0 N–H and O–H groups in total. The van der Waals surface area contributed by atoms with Crippen molar-refractivity contribution in [3.8, 4) is 0 Å². The molecule has 3 heterocycles. The number of hydrogen-bond donors (Lipinski definition) is 0. The maximum Gasteiger partial charge on any atom is 0.290 e. The van der Waals surface area contributed by atoms with Crippen LogP contribution >= 0.6 is 0 Å². The van der Waals surface area contributed by atoms with Crippen molar-refractivity contribution in [3.05, 3.63) is 83.6 Å². The van der Waals surface area contributed by atoms with Gasteiger partial charge in [-0.1, -0.05) is 6.07 Å². The zero-order chi connectivity index (χ0) is 21.3. The van der Waals surface area contributed by atoms with E-state index in [2.05, 4.69) is 0 Å². The monoisotopic (exact) mass is 413 g/mol. The van der Waals surface area contributed by atoms with E-state index in [1.54, 1.807) is 24.0 Å². The van der Waals surface area contributed by atoms with E-state index in [9.17, 15) is 18.4 Å². The maximum atomic E-state index is 14.7. The second-order valence-electron chi connectivity index (χ2n) is 7.08. The van der Waals surface area contributed by atoms with E-state index < -0.39 is 17.7 Å². The Labute approximate surface area is 172 Å². The maximum absolute atomic E-state index is 14.7.